The molecule has 0 unspecified atom stereocenters. The number of imidazole rings is 5. The first-order chi connectivity index (χ1) is 62.8. The van der Waals surface area contributed by atoms with E-state index in [9.17, 15) is 35.4 Å². The van der Waals surface area contributed by atoms with E-state index in [1.54, 1.807) is 92.1 Å². The first kappa shape index (κ1) is 87.8. The van der Waals surface area contributed by atoms with E-state index in [0.29, 0.717) is 81.5 Å². The number of aliphatic hydroxyl groups excluding tert-OH is 3. The summed E-state index contributed by atoms with van der Waals surface area (Å²) in [6, 6.07) is 39.5. The van der Waals surface area contributed by atoms with Gasteiger partial charge >= 0.3 is 11.6 Å². The number of fused-ring (bicyclic) bond motifs is 8. The first-order valence-electron chi connectivity index (χ1n) is 38.7. The lowest BCUT2D eigenvalue weighted by Crippen LogP contribution is -2.34. The molecule has 50 heteroatoms. The second-order valence-corrected chi connectivity index (χ2v) is 28.4. The van der Waals surface area contributed by atoms with Crippen molar-refractivity contribution in [1.29, 1.82) is 0 Å². The summed E-state index contributed by atoms with van der Waals surface area (Å²) in [5.41, 5.74) is 17.7. The number of hydrogen-bond acceptors (Lipinski definition) is 36. The van der Waals surface area contributed by atoms with Gasteiger partial charge in [0.1, 0.15) is 59.2 Å². The summed E-state index contributed by atoms with van der Waals surface area (Å²) in [7, 11) is 1.00. The molecule has 11 aromatic heterocycles. The standard InChI is InChI=1S/C21H21N7O3.C16H11ClN6O2.C10H7N3O4.C10H9N3O2.C7H7NO2.C6H3Cl2N3.C5H11NO.C3H2N4O4.CH4O.H2/c29-11-15-3-1-7-27(15)21-24-20(16-4-2-8-28(16)25-21)23-19-10-26(12-22-19)14-5-6-17-18(9-14)31-13-30-17;17-16-20-15(11-2-1-5-23(11)21-16)19-14-7-22(8-18-14)10-3-4-12-13(6-10)25-9-24-12;14-13(15)10-4-12(5-11-10)7-1-2-8-9(3-7)17-6-16-8;11-10-4-13(5-12-10)7-1-2-8-9(3-7)15-6-14-8;8-5-1-2-6-7(3-5)10-4-9-6;7-5-4-2-1-3-11(4)10-6(8)9-5;7-4-5-2-1-3-6-5;8-6(9)3-1-5(2-4-3)7(10)11;1-2;/h2,4-6,8-10,12,15,29H,1,3,7,11,13H2,(H,23,24,25);1-8H,9H2,(H,19,20,21);1-5H,6H2;1-5H,6,11H2;1-3H,4,8H2;1-3H;5-7H,1-4H2;1-2H;2H,1H3;1H/t15-;;;;;;5-;;;/m0.....0.../s1. The van der Waals surface area contributed by atoms with Crippen molar-refractivity contribution in [2.45, 2.75) is 37.8 Å². The van der Waals surface area contributed by atoms with Crippen LogP contribution in [0.5, 0.6) is 57.5 Å². The summed E-state index contributed by atoms with van der Waals surface area (Å²) in [4.78, 5) is 63.5. The van der Waals surface area contributed by atoms with Crippen LogP contribution in [-0.2, 0) is 0 Å². The minimum atomic E-state index is -0.819. The SMILES string of the molecule is CO.Clc1nc(Cl)c2cccn2n1.Clc1nc(Nc2cn(-c3ccc4c(c3)OCO4)cn2)c2cccn2n1.Nc1ccc2c(c1)OCO2.Nc1cn(-c2ccc3c(c2)OCO3)cn1.O=[N+]([O-])c1cn(-c2ccc3c(c2)OCO3)cn1.O=[N+]([O-])c1cn([N+](=O)[O-])cn1.OC[C@@H]1CCCN1.OC[C@@H]1CCCN1c1nc(Nc2cn(-c3ccc4c(c3)OCO4)cn2)c2cccn2n1.[HH]. The van der Waals surface area contributed by atoms with Crippen LogP contribution >= 0.6 is 34.8 Å². The summed E-state index contributed by atoms with van der Waals surface area (Å²) in [6.45, 7) is 3.59. The van der Waals surface area contributed by atoms with E-state index in [2.05, 4.69) is 71.0 Å². The van der Waals surface area contributed by atoms with Gasteiger partial charge in [0, 0.05) is 75.7 Å². The van der Waals surface area contributed by atoms with E-state index in [1.165, 1.54) is 18.9 Å². The number of aromatic nitrogens is 19. The van der Waals surface area contributed by atoms with Crippen LogP contribution in [0, 0.1) is 30.3 Å². The maximum atomic E-state index is 10.5. The number of anilines is 7. The van der Waals surface area contributed by atoms with Gasteiger partial charge in [-0.3, -0.25) is 4.57 Å². The predicted octanol–water partition coefficient (Wildman–Crippen LogP) is 10.5. The zero-order valence-electron chi connectivity index (χ0n) is 67.4. The van der Waals surface area contributed by atoms with Gasteiger partial charge in [0.2, 0.25) is 56.8 Å². The Balaban J connectivity index is 0.000000124. The molecule has 668 valence electrons. The Kier molecular flexibility index (Phi) is 27.7. The normalized spacial score (nSPS) is 14.4. The Hall–Kier alpha value is -16.1. The third-order valence-electron chi connectivity index (χ3n) is 19.3. The lowest BCUT2D eigenvalue weighted by atomic mass is 10.2. The number of ether oxygens (including phenoxy) is 10. The second kappa shape index (κ2) is 40.7. The number of aliphatic hydroxyl groups is 3. The largest absolute Gasteiger partial charge is 0.454 e. The second-order valence-electron chi connectivity index (χ2n) is 27.4. The van der Waals surface area contributed by atoms with Crippen molar-refractivity contribution < 1.29 is 79.0 Å². The highest BCUT2D eigenvalue weighted by molar-refractivity contribution is 6.34. The molecule has 18 heterocycles. The first-order valence-corrected chi connectivity index (χ1v) is 39.8. The van der Waals surface area contributed by atoms with E-state index in [4.69, 9.17) is 109 Å². The number of nitrogens with zero attached hydrogens (tertiary/aromatic N) is 23. The van der Waals surface area contributed by atoms with Crippen LogP contribution in [0.4, 0.5) is 52.4 Å². The lowest BCUT2D eigenvalue weighted by Gasteiger charge is -2.23. The summed E-state index contributed by atoms with van der Waals surface area (Å²) in [5, 5.41) is 77.7. The van der Waals surface area contributed by atoms with Gasteiger partial charge < -0.3 is 129 Å². The molecule has 0 radical (unpaired) electrons. The molecule has 0 bridgehead atoms. The molecule has 2 fully saturated rings. The predicted molar refractivity (Wildman–Crippen MR) is 464 cm³/mol. The monoisotopic (exact) mass is 1830 g/mol. The highest BCUT2D eigenvalue weighted by atomic mass is 35.5. The fourth-order valence-electron chi connectivity index (χ4n) is 13.1. The van der Waals surface area contributed by atoms with E-state index in [0.717, 1.165) is 137 Å². The number of nitrogens with one attached hydrogen (secondary N) is 3. The van der Waals surface area contributed by atoms with Crippen molar-refractivity contribution >= 4 is 104 Å². The van der Waals surface area contributed by atoms with Crippen LogP contribution in [0.2, 0.25) is 15.7 Å². The third kappa shape index (κ3) is 21.5. The minimum Gasteiger partial charge on any atom is -0.454 e. The minimum absolute atomic E-state index is 0. The summed E-state index contributed by atoms with van der Waals surface area (Å²) in [5.74, 6) is 10.1. The quantitative estimate of drug-likeness (QED) is 0.0285. The molecule has 0 amide bonds. The molecule has 47 nitrogen and oxygen atoms in total. The molecule has 129 heavy (non-hydrogen) atoms. The molecule has 16 aromatic rings. The zero-order valence-corrected chi connectivity index (χ0v) is 69.7. The molecule has 10 N–H and O–H groups in total. The van der Waals surface area contributed by atoms with Gasteiger partial charge in [0.25, 0.3) is 6.33 Å². The number of halogens is 3. The average molecular weight is 1830 g/mol. The van der Waals surface area contributed by atoms with Crippen LogP contribution in [0.25, 0.3) is 39.3 Å². The Labute approximate surface area is 743 Å². The topological polar surface area (TPSA) is 553 Å². The van der Waals surface area contributed by atoms with Crippen LogP contribution in [0.1, 0.15) is 27.1 Å². The number of rotatable bonds is 14. The van der Waals surface area contributed by atoms with Crippen molar-refractivity contribution in [2.24, 2.45) is 0 Å². The Morgan fingerprint density at radius 1 is 0.473 bits per heavy atom. The van der Waals surface area contributed by atoms with Crippen molar-refractivity contribution in [3.05, 3.63) is 255 Å². The van der Waals surface area contributed by atoms with Crippen molar-refractivity contribution in [2.75, 3.05) is 94.4 Å². The van der Waals surface area contributed by atoms with E-state index in [-0.39, 0.29) is 57.6 Å². The van der Waals surface area contributed by atoms with Crippen molar-refractivity contribution in [3.63, 3.8) is 0 Å². The van der Waals surface area contributed by atoms with Gasteiger partial charge in [-0.2, -0.15) is 9.97 Å². The van der Waals surface area contributed by atoms with E-state index >= 15 is 0 Å². The fraction of sp³-hybridized carbons (Fsp3) is 0.203. The molecular formula is C79H77Cl3N28O19. The number of nitro groups is 3. The van der Waals surface area contributed by atoms with Crippen LogP contribution < -0.4 is 79.7 Å². The number of hydrogen-bond donors (Lipinski definition) is 8. The molecule has 5 aromatic carbocycles. The molecule has 7 aliphatic heterocycles. The maximum absolute atomic E-state index is 10.5. The highest BCUT2D eigenvalue weighted by Gasteiger charge is 2.29. The summed E-state index contributed by atoms with van der Waals surface area (Å²) >= 11 is 17.3. The van der Waals surface area contributed by atoms with E-state index in [1.807, 2.05) is 123 Å². The molecule has 7 aliphatic rings. The number of nitrogen functional groups attached to an aromatic ring is 2. The Bertz CT molecular complexity index is 6590. The Morgan fingerprint density at radius 3 is 1.34 bits per heavy atom. The summed E-state index contributed by atoms with van der Waals surface area (Å²) in [6.07, 6.45) is 24.6. The molecule has 0 saturated carbocycles. The maximum Gasteiger partial charge on any atom is 0.388 e. The van der Waals surface area contributed by atoms with Gasteiger partial charge in [0.05, 0.1) is 60.6 Å². The molecule has 2 atom stereocenters. The number of benzene rings is 5. The molecule has 0 aliphatic carbocycles. The molecular weight excluding hydrogens is 1750 g/mol. The van der Waals surface area contributed by atoms with Crippen LogP contribution in [-0.4, -0.2) is 201 Å². The molecule has 2 saturated heterocycles. The smallest absolute Gasteiger partial charge is 0.388 e. The van der Waals surface area contributed by atoms with Gasteiger partial charge in [-0.25, -0.2) is 43.6 Å². The van der Waals surface area contributed by atoms with Crippen LogP contribution in [0.15, 0.2) is 209 Å². The van der Waals surface area contributed by atoms with Gasteiger partial charge in [-0.15, -0.1) is 15.3 Å². The highest BCUT2D eigenvalue weighted by Crippen LogP contribution is 2.39. The molecule has 0 spiro atoms. The fourth-order valence-corrected chi connectivity index (χ4v) is 13.7. The Morgan fingerprint density at radius 2 is 0.899 bits per heavy atom. The van der Waals surface area contributed by atoms with Gasteiger partial charge in [-0.05, 0) is 177 Å². The zero-order chi connectivity index (χ0) is 90.0. The van der Waals surface area contributed by atoms with Crippen molar-refractivity contribution in [3.8, 4) is 80.2 Å². The average Bonchev–Trinajstić information content (AvgIpc) is 1.62. The van der Waals surface area contributed by atoms with Gasteiger partial charge in [0.15, 0.2) is 85.5 Å². The van der Waals surface area contributed by atoms with Gasteiger partial charge in [-0.1, -0.05) is 11.6 Å². The summed E-state index contributed by atoms with van der Waals surface area (Å²) < 4.78 is 65.3. The van der Waals surface area contributed by atoms with Crippen LogP contribution in [0.3, 0.4) is 0 Å². The lowest BCUT2D eigenvalue weighted by molar-refractivity contribution is -0.542. The van der Waals surface area contributed by atoms with E-state index < -0.39 is 20.7 Å². The number of nitrogens with two attached hydrogens (primary N) is 2. The third-order valence-corrected chi connectivity index (χ3v) is 19.9. The van der Waals surface area contributed by atoms with Crippen molar-refractivity contribution in [1.82, 2.24) is 97.0 Å². The molecule has 23 rings (SSSR count).